The standard InChI is InChI=1S/C23H25NO3/c1-13-7-8-18(9-14(13)2)24-21(25)10-15(3)19-11-20-16(4)12-27-23(20)17(5)22(19)26-6/h7-12H,1-6H3,(H,24,25)/b15-10+. The van der Waals surface area contributed by atoms with Gasteiger partial charge in [-0.1, -0.05) is 6.07 Å². The van der Waals surface area contributed by atoms with E-state index in [-0.39, 0.29) is 5.91 Å². The maximum atomic E-state index is 12.5. The number of nitrogens with one attached hydrogen (secondary N) is 1. The third-order valence-electron chi connectivity index (χ3n) is 4.99. The molecular formula is C23H25NO3. The number of fused-ring (bicyclic) bond motifs is 1. The van der Waals surface area contributed by atoms with Crippen LogP contribution < -0.4 is 10.1 Å². The molecule has 0 aliphatic carbocycles. The van der Waals surface area contributed by atoms with Gasteiger partial charge in [0, 0.05) is 28.3 Å². The first kappa shape index (κ1) is 18.8. The number of hydrogen-bond acceptors (Lipinski definition) is 3. The van der Waals surface area contributed by atoms with Crippen molar-refractivity contribution in [3.8, 4) is 5.75 Å². The number of hydrogen-bond donors (Lipinski definition) is 1. The molecule has 3 aromatic rings. The molecule has 0 atom stereocenters. The molecule has 0 unspecified atom stereocenters. The Labute approximate surface area is 159 Å². The molecule has 4 heteroatoms. The average molecular weight is 363 g/mol. The summed E-state index contributed by atoms with van der Waals surface area (Å²) in [6.07, 6.45) is 3.35. The zero-order valence-corrected chi connectivity index (χ0v) is 16.7. The molecule has 1 heterocycles. The lowest BCUT2D eigenvalue weighted by Gasteiger charge is -2.13. The highest BCUT2D eigenvalue weighted by Gasteiger charge is 2.16. The van der Waals surface area contributed by atoms with Gasteiger partial charge in [0.15, 0.2) is 0 Å². The summed E-state index contributed by atoms with van der Waals surface area (Å²) in [7, 11) is 1.63. The van der Waals surface area contributed by atoms with Crippen molar-refractivity contribution in [3.63, 3.8) is 0 Å². The highest BCUT2D eigenvalue weighted by atomic mass is 16.5. The monoisotopic (exact) mass is 363 g/mol. The SMILES string of the molecule is COc1c(/C(C)=C/C(=O)Nc2ccc(C)c(C)c2)cc2c(C)coc2c1C. The number of amides is 1. The van der Waals surface area contributed by atoms with Gasteiger partial charge in [0.25, 0.3) is 0 Å². The molecular weight excluding hydrogens is 338 g/mol. The van der Waals surface area contributed by atoms with E-state index in [1.54, 1.807) is 19.4 Å². The maximum absolute atomic E-state index is 12.5. The van der Waals surface area contributed by atoms with E-state index in [4.69, 9.17) is 9.15 Å². The van der Waals surface area contributed by atoms with E-state index in [1.807, 2.05) is 58.9 Å². The highest BCUT2D eigenvalue weighted by Crippen LogP contribution is 2.37. The number of rotatable bonds is 4. The first-order valence-electron chi connectivity index (χ1n) is 8.94. The van der Waals surface area contributed by atoms with Crippen molar-refractivity contribution in [3.05, 3.63) is 64.4 Å². The Bertz CT molecular complexity index is 1060. The first-order chi connectivity index (χ1) is 12.8. The second-order valence-corrected chi connectivity index (χ2v) is 6.99. The summed E-state index contributed by atoms with van der Waals surface area (Å²) in [4.78, 5) is 12.5. The lowest BCUT2D eigenvalue weighted by Crippen LogP contribution is -2.09. The quantitative estimate of drug-likeness (QED) is 0.603. The van der Waals surface area contributed by atoms with E-state index in [0.717, 1.165) is 50.2 Å². The van der Waals surface area contributed by atoms with Crippen LogP contribution in [0.3, 0.4) is 0 Å². The summed E-state index contributed by atoms with van der Waals surface area (Å²) >= 11 is 0. The smallest absolute Gasteiger partial charge is 0.248 e. The number of furan rings is 1. The second-order valence-electron chi connectivity index (χ2n) is 6.99. The summed E-state index contributed by atoms with van der Waals surface area (Å²) in [6.45, 7) is 9.97. The molecule has 0 spiro atoms. The molecule has 1 N–H and O–H groups in total. The third kappa shape index (κ3) is 3.61. The molecule has 0 saturated heterocycles. The van der Waals surface area contributed by atoms with E-state index < -0.39 is 0 Å². The van der Waals surface area contributed by atoms with Crippen LogP contribution in [0, 0.1) is 27.7 Å². The number of ether oxygens (including phenoxy) is 1. The Kier molecular flexibility index (Phi) is 5.08. The maximum Gasteiger partial charge on any atom is 0.248 e. The van der Waals surface area contributed by atoms with Crippen LogP contribution in [-0.4, -0.2) is 13.0 Å². The molecule has 1 amide bonds. The van der Waals surface area contributed by atoms with E-state index in [9.17, 15) is 4.79 Å². The van der Waals surface area contributed by atoms with Crippen molar-refractivity contribution in [2.24, 2.45) is 0 Å². The highest BCUT2D eigenvalue weighted by molar-refractivity contribution is 6.05. The average Bonchev–Trinajstić information content (AvgIpc) is 2.99. The summed E-state index contributed by atoms with van der Waals surface area (Å²) < 4.78 is 11.3. The van der Waals surface area contributed by atoms with Crippen molar-refractivity contribution in [1.82, 2.24) is 0 Å². The molecule has 4 nitrogen and oxygen atoms in total. The van der Waals surface area contributed by atoms with Gasteiger partial charge in [-0.3, -0.25) is 4.79 Å². The zero-order valence-electron chi connectivity index (χ0n) is 16.7. The van der Waals surface area contributed by atoms with Crippen LogP contribution in [0.2, 0.25) is 0 Å². The number of anilines is 1. The topological polar surface area (TPSA) is 51.5 Å². The first-order valence-corrected chi connectivity index (χ1v) is 8.94. The van der Waals surface area contributed by atoms with Crippen LogP contribution in [-0.2, 0) is 4.79 Å². The van der Waals surface area contributed by atoms with Gasteiger partial charge in [-0.2, -0.15) is 0 Å². The molecule has 2 aromatic carbocycles. The summed E-state index contributed by atoms with van der Waals surface area (Å²) in [5.41, 5.74) is 7.66. The van der Waals surface area contributed by atoms with Gasteiger partial charge in [-0.15, -0.1) is 0 Å². The Morgan fingerprint density at radius 3 is 2.48 bits per heavy atom. The Balaban J connectivity index is 1.96. The van der Waals surface area contributed by atoms with Crippen LogP contribution in [0.1, 0.15) is 34.7 Å². The Morgan fingerprint density at radius 1 is 1.07 bits per heavy atom. The molecule has 0 aliphatic heterocycles. The summed E-state index contributed by atoms with van der Waals surface area (Å²) in [5.74, 6) is 0.559. The molecule has 3 rings (SSSR count). The third-order valence-corrected chi connectivity index (χ3v) is 4.99. The van der Waals surface area contributed by atoms with Crippen molar-refractivity contribution < 1.29 is 13.9 Å². The minimum Gasteiger partial charge on any atom is -0.496 e. The lowest BCUT2D eigenvalue weighted by atomic mass is 9.98. The number of methoxy groups -OCH3 is 1. The number of carbonyl (C=O) groups is 1. The van der Waals surface area contributed by atoms with E-state index >= 15 is 0 Å². The summed E-state index contributed by atoms with van der Waals surface area (Å²) in [6, 6.07) is 7.91. The fraction of sp³-hybridized carbons (Fsp3) is 0.261. The molecule has 27 heavy (non-hydrogen) atoms. The molecule has 0 fully saturated rings. The van der Waals surface area contributed by atoms with Crippen molar-refractivity contribution in [2.45, 2.75) is 34.6 Å². The predicted octanol–water partition coefficient (Wildman–Crippen LogP) is 5.72. The normalized spacial score (nSPS) is 11.7. The summed E-state index contributed by atoms with van der Waals surface area (Å²) in [5, 5.41) is 3.96. The fourth-order valence-corrected chi connectivity index (χ4v) is 3.27. The number of aryl methyl sites for hydroxylation is 4. The van der Waals surface area contributed by atoms with Gasteiger partial charge in [0.2, 0.25) is 5.91 Å². The van der Waals surface area contributed by atoms with Crippen molar-refractivity contribution in [2.75, 3.05) is 12.4 Å². The lowest BCUT2D eigenvalue weighted by molar-refractivity contribution is -0.111. The van der Waals surface area contributed by atoms with Crippen molar-refractivity contribution in [1.29, 1.82) is 0 Å². The minimum absolute atomic E-state index is 0.167. The van der Waals surface area contributed by atoms with Crippen LogP contribution in [0.25, 0.3) is 16.5 Å². The Morgan fingerprint density at radius 2 is 1.81 bits per heavy atom. The van der Waals surface area contributed by atoms with Crippen LogP contribution in [0.15, 0.2) is 41.0 Å². The van der Waals surface area contributed by atoms with Crippen LogP contribution in [0.4, 0.5) is 5.69 Å². The molecule has 0 bridgehead atoms. The zero-order chi connectivity index (χ0) is 19.7. The molecule has 0 aliphatic rings. The van der Waals surface area contributed by atoms with Gasteiger partial charge in [0.1, 0.15) is 11.3 Å². The Hall–Kier alpha value is -3.01. The van der Waals surface area contributed by atoms with Gasteiger partial charge in [-0.05, 0) is 75.1 Å². The molecule has 0 saturated carbocycles. The van der Waals surface area contributed by atoms with E-state index in [2.05, 4.69) is 5.32 Å². The van der Waals surface area contributed by atoms with Gasteiger partial charge in [-0.25, -0.2) is 0 Å². The van der Waals surface area contributed by atoms with Crippen molar-refractivity contribution >= 4 is 28.1 Å². The number of allylic oxidation sites excluding steroid dienone is 1. The van der Waals surface area contributed by atoms with E-state index in [1.165, 1.54) is 5.56 Å². The van der Waals surface area contributed by atoms with Crippen LogP contribution >= 0.6 is 0 Å². The minimum atomic E-state index is -0.167. The second kappa shape index (κ2) is 7.31. The van der Waals surface area contributed by atoms with E-state index in [0.29, 0.717) is 0 Å². The molecule has 1 aromatic heterocycles. The van der Waals surface area contributed by atoms with Gasteiger partial charge in [0.05, 0.1) is 13.4 Å². The number of benzene rings is 2. The fourth-order valence-electron chi connectivity index (χ4n) is 3.27. The molecule has 140 valence electrons. The van der Waals surface area contributed by atoms with Gasteiger partial charge < -0.3 is 14.5 Å². The largest absolute Gasteiger partial charge is 0.496 e. The number of carbonyl (C=O) groups excluding carboxylic acids is 1. The van der Waals surface area contributed by atoms with Gasteiger partial charge >= 0.3 is 0 Å². The molecule has 0 radical (unpaired) electrons. The van der Waals surface area contributed by atoms with Crippen LogP contribution in [0.5, 0.6) is 5.75 Å². The predicted molar refractivity (Wildman–Crippen MR) is 110 cm³/mol.